The SMILES string of the molecule is COC(C)(C)CCC(=O)c1cccc(Br)c1Cl. The highest BCUT2D eigenvalue weighted by atomic mass is 79.9. The summed E-state index contributed by atoms with van der Waals surface area (Å²) in [5.74, 6) is 0.0430. The molecule has 0 aliphatic rings. The van der Waals surface area contributed by atoms with Crippen LogP contribution in [0.25, 0.3) is 0 Å². The predicted octanol–water partition coefficient (Wildman–Crippen LogP) is 4.49. The van der Waals surface area contributed by atoms with E-state index in [2.05, 4.69) is 15.9 Å². The lowest BCUT2D eigenvalue weighted by atomic mass is 9.98. The molecule has 0 bridgehead atoms. The minimum absolute atomic E-state index is 0.0430. The molecule has 1 aromatic rings. The van der Waals surface area contributed by atoms with Crippen LogP contribution in [0.15, 0.2) is 22.7 Å². The first-order valence-corrected chi connectivity index (χ1v) is 6.57. The maximum Gasteiger partial charge on any atom is 0.164 e. The summed E-state index contributed by atoms with van der Waals surface area (Å²) in [5.41, 5.74) is 0.279. The first-order chi connectivity index (χ1) is 7.87. The summed E-state index contributed by atoms with van der Waals surface area (Å²) in [5, 5.41) is 0.479. The fourth-order valence-electron chi connectivity index (χ4n) is 1.37. The Morgan fingerprint density at radius 1 is 1.47 bits per heavy atom. The second-order valence-electron chi connectivity index (χ2n) is 4.49. The van der Waals surface area contributed by atoms with Crippen molar-refractivity contribution in [3.8, 4) is 0 Å². The van der Waals surface area contributed by atoms with Gasteiger partial charge in [-0.1, -0.05) is 17.7 Å². The van der Waals surface area contributed by atoms with Crippen LogP contribution in [0.4, 0.5) is 0 Å². The van der Waals surface area contributed by atoms with Gasteiger partial charge in [-0.15, -0.1) is 0 Å². The van der Waals surface area contributed by atoms with Crippen molar-refractivity contribution in [1.82, 2.24) is 0 Å². The number of methoxy groups -OCH3 is 1. The summed E-state index contributed by atoms with van der Waals surface area (Å²) in [6, 6.07) is 5.37. The van der Waals surface area contributed by atoms with E-state index >= 15 is 0 Å². The quantitative estimate of drug-likeness (QED) is 0.747. The van der Waals surface area contributed by atoms with E-state index in [0.717, 1.165) is 4.47 Å². The Morgan fingerprint density at radius 2 is 2.12 bits per heavy atom. The summed E-state index contributed by atoms with van der Waals surface area (Å²) in [6.45, 7) is 3.92. The Morgan fingerprint density at radius 3 is 2.71 bits per heavy atom. The van der Waals surface area contributed by atoms with Crippen molar-refractivity contribution >= 4 is 33.3 Å². The van der Waals surface area contributed by atoms with Gasteiger partial charge >= 0.3 is 0 Å². The Balaban J connectivity index is 2.74. The largest absolute Gasteiger partial charge is 0.379 e. The number of ketones is 1. The molecule has 1 rings (SSSR count). The van der Waals surface area contributed by atoms with Gasteiger partial charge in [0.15, 0.2) is 5.78 Å². The van der Waals surface area contributed by atoms with Crippen LogP contribution in [0.2, 0.25) is 5.02 Å². The highest BCUT2D eigenvalue weighted by molar-refractivity contribution is 9.10. The van der Waals surface area contributed by atoms with Gasteiger partial charge in [0, 0.05) is 23.6 Å². The molecule has 2 nitrogen and oxygen atoms in total. The van der Waals surface area contributed by atoms with E-state index in [9.17, 15) is 4.79 Å². The summed E-state index contributed by atoms with van der Waals surface area (Å²) < 4.78 is 6.03. The third kappa shape index (κ3) is 4.09. The van der Waals surface area contributed by atoms with E-state index in [4.69, 9.17) is 16.3 Å². The van der Waals surface area contributed by atoms with E-state index in [1.807, 2.05) is 26.0 Å². The van der Waals surface area contributed by atoms with Gasteiger partial charge < -0.3 is 4.74 Å². The second-order valence-corrected chi connectivity index (χ2v) is 5.72. The molecule has 0 fully saturated rings. The molecule has 0 saturated carbocycles. The van der Waals surface area contributed by atoms with Crippen LogP contribution in [-0.2, 0) is 4.74 Å². The Labute approximate surface area is 115 Å². The lowest BCUT2D eigenvalue weighted by Crippen LogP contribution is -2.23. The number of Topliss-reactive ketones (excluding diaryl/α,β-unsaturated/α-hetero) is 1. The van der Waals surface area contributed by atoms with Gasteiger partial charge in [-0.05, 0) is 48.3 Å². The number of hydrogen-bond donors (Lipinski definition) is 0. The normalized spacial score (nSPS) is 11.6. The number of benzene rings is 1. The first-order valence-electron chi connectivity index (χ1n) is 5.40. The zero-order chi connectivity index (χ0) is 13.1. The molecule has 0 unspecified atom stereocenters. The molecule has 0 aliphatic carbocycles. The summed E-state index contributed by atoms with van der Waals surface area (Å²) in [4.78, 5) is 12.0. The monoisotopic (exact) mass is 318 g/mol. The zero-order valence-electron chi connectivity index (χ0n) is 10.2. The van der Waals surface area contributed by atoms with Crippen molar-refractivity contribution in [3.63, 3.8) is 0 Å². The maximum absolute atomic E-state index is 12.0. The Bertz CT molecular complexity index is 416. The fraction of sp³-hybridized carbons (Fsp3) is 0.462. The highest BCUT2D eigenvalue weighted by Crippen LogP contribution is 2.28. The van der Waals surface area contributed by atoms with Crippen molar-refractivity contribution in [2.24, 2.45) is 0 Å². The van der Waals surface area contributed by atoms with Crippen LogP contribution in [0.1, 0.15) is 37.0 Å². The summed E-state index contributed by atoms with van der Waals surface area (Å²) >= 11 is 9.38. The Hall–Kier alpha value is -0.380. The Kier molecular flexibility index (Phi) is 5.17. The van der Waals surface area contributed by atoms with Crippen LogP contribution in [0.3, 0.4) is 0 Å². The topological polar surface area (TPSA) is 26.3 Å². The van der Waals surface area contributed by atoms with Crippen LogP contribution in [0, 0.1) is 0 Å². The van der Waals surface area contributed by atoms with E-state index in [-0.39, 0.29) is 11.4 Å². The first kappa shape index (κ1) is 14.7. The molecule has 94 valence electrons. The number of rotatable bonds is 5. The standard InChI is InChI=1S/C13H16BrClO2/c1-13(2,17-3)8-7-11(16)9-5-4-6-10(14)12(9)15/h4-6H,7-8H2,1-3H3. The summed E-state index contributed by atoms with van der Waals surface area (Å²) in [6.07, 6.45) is 1.10. The van der Waals surface area contributed by atoms with Gasteiger partial charge in [0.2, 0.25) is 0 Å². The molecule has 4 heteroatoms. The lowest BCUT2D eigenvalue weighted by molar-refractivity contribution is 0.0141. The van der Waals surface area contributed by atoms with E-state index in [1.54, 1.807) is 13.2 Å². The molecule has 1 aromatic carbocycles. The van der Waals surface area contributed by atoms with Crippen LogP contribution >= 0.6 is 27.5 Å². The van der Waals surface area contributed by atoms with Gasteiger partial charge in [0.05, 0.1) is 10.6 Å². The van der Waals surface area contributed by atoms with Crippen molar-refractivity contribution < 1.29 is 9.53 Å². The van der Waals surface area contributed by atoms with E-state index in [1.165, 1.54) is 0 Å². The van der Waals surface area contributed by atoms with Crippen LogP contribution in [-0.4, -0.2) is 18.5 Å². The van der Waals surface area contributed by atoms with Crippen molar-refractivity contribution in [2.75, 3.05) is 7.11 Å². The average molecular weight is 320 g/mol. The van der Waals surface area contributed by atoms with Gasteiger partial charge in [-0.3, -0.25) is 4.79 Å². The number of carbonyl (C=O) groups is 1. The number of carbonyl (C=O) groups excluding carboxylic acids is 1. The molecule has 0 heterocycles. The molecule has 0 radical (unpaired) electrons. The maximum atomic E-state index is 12.0. The number of ether oxygens (including phenoxy) is 1. The highest BCUT2D eigenvalue weighted by Gasteiger charge is 2.20. The molecule has 17 heavy (non-hydrogen) atoms. The van der Waals surface area contributed by atoms with E-state index < -0.39 is 0 Å². The lowest BCUT2D eigenvalue weighted by Gasteiger charge is -2.22. The smallest absolute Gasteiger partial charge is 0.164 e. The fourth-order valence-corrected chi connectivity index (χ4v) is 1.97. The predicted molar refractivity (Wildman–Crippen MR) is 73.8 cm³/mol. The molecule has 0 aliphatic heterocycles. The molecular weight excluding hydrogens is 303 g/mol. The number of halogens is 2. The minimum Gasteiger partial charge on any atom is -0.379 e. The van der Waals surface area contributed by atoms with E-state index in [0.29, 0.717) is 23.4 Å². The van der Waals surface area contributed by atoms with Crippen LogP contribution in [0.5, 0.6) is 0 Å². The number of hydrogen-bond acceptors (Lipinski definition) is 2. The molecule has 0 amide bonds. The molecule has 0 N–H and O–H groups in total. The van der Waals surface area contributed by atoms with Gasteiger partial charge in [-0.2, -0.15) is 0 Å². The average Bonchev–Trinajstić information content (AvgIpc) is 2.30. The third-order valence-corrected chi connectivity index (χ3v) is 4.06. The molecule has 0 spiro atoms. The molecular formula is C13H16BrClO2. The molecule has 0 atom stereocenters. The minimum atomic E-state index is -0.284. The summed E-state index contributed by atoms with van der Waals surface area (Å²) in [7, 11) is 1.65. The van der Waals surface area contributed by atoms with Crippen molar-refractivity contribution in [2.45, 2.75) is 32.3 Å². The van der Waals surface area contributed by atoms with Gasteiger partial charge in [0.25, 0.3) is 0 Å². The van der Waals surface area contributed by atoms with Crippen molar-refractivity contribution in [3.05, 3.63) is 33.3 Å². The molecule has 0 saturated heterocycles. The van der Waals surface area contributed by atoms with Crippen molar-refractivity contribution in [1.29, 1.82) is 0 Å². The second kappa shape index (κ2) is 5.98. The zero-order valence-corrected chi connectivity index (χ0v) is 12.6. The van der Waals surface area contributed by atoms with Gasteiger partial charge in [-0.25, -0.2) is 0 Å². The van der Waals surface area contributed by atoms with Crippen LogP contribution < -0.4 is 0 Å². The third-order valence-electron chi connectivity index (χ3n) is 2.76. The molecule has 0 aromatic heterocycles. The van der Waals surface area contributed by atoms with Gasteiger partial charge in [0.1, 0.15) is 0 Å².